The number of allylic oxidation sites excluding steroid dienone is 2. The van der Waals surface area contributed by atoms with Crippen LogP contribution in [0.2, 0.25) is 0 Å². The van der Waals surface area contributed by atoms with Gasteiger partial charge in [0.15, 0.2) is 0 Å². The average molecular weight is 406 g/mol. The van der Waals surface area contributed by atoms with Crippen LogP contribution in [0.4, 0.5) is 14.9 Å². The van der Waals surface area contributed by atoms with Gasteiger partial charge in [-0.1, -0.05) is 42.5 Å². The monoisotopic (exact) mass is 406 g/mol. The van der Waals surface area contributed by atoms with Crippen LogP contribution in [0.1, 0.15) is 20.3 Å². The number of anilines is 1. The summed E-state index contributed by atoms with van der Waals surface area (Å²) in [6.45, 7) is 3.66. The smallest absolute Gasteiger partial charge is 0.332 e. The lowest BCUT2D eigenvalue weighted by atomic mass is 9.98. The number of hydrogen-bond donors (Lipinski definition) is 0. The van der Waals surface area contributed by atoms with Crippen LogP contribution in [0.15, 0.2) is 78.4 Å². The van der Waals surface area contributed by atoms with Gasteiger partial charge in [0, 0.05) is 13.0 Å². The molecule has 4 rings (SSSR count). The molecule has 1 atom stereocenters. The normalized spacial score (nSPS) is 20.5. The van der Waals surface area contributed by atoms with E-state index in [0.717, 1.165) is 16.2 Å². The van der Waals surface area contributed by atoms with E-state index in [-0.39, 0.29) is 24.2 Å². The Balaban J connectivity index is 1.59. The number of para-hydroxylation sites is 1. The molecule has 30 heavy (non-hydrogen) atoms. The number of halogens is 1. The van der Waals surface area contributed by atoms with Crippen LogP contribution < -0.4 is 9.64 Å². The largest absolute Gasteiger partial charge is 0.486 e. The Morgan fingerprint density at radius 2 is 1.87 bits per heavy atom. The second kappa shape index (κ2) is 7.78. The minimum atomic E-state index is -1.07. The second-order valence-corrected chi connectivity index (χ2v) is 7.87. The molecule has 1 saturated heterocycles. The first-order chi connectivity index (χ1) is 14.4. The van der Waals surface area contributed by atoms with Gasteiger partial charge in [-0.2, -0.15) is 0 Å². The van der Waals surface area contributed by atoms with Gasteiger partial charge < -0.3 is 9.64 Å². The average Bonchev–Trinajstić information content (AvgIpc) is 2.89. The van der Waals surface area contributed by atoms with E-state index in [0.29, 0.717) is 6.42 Å². The van der Waals surface area contributed by atoms with Gasteiger partial charge in [-0.25, -0.2) is 14.1 Å². The summed E-state index contributed by atoms with van der Waals surface area (Å²) in [6, 6.07) is 14.5. The highest BCUT2D eigenvalue weighted by Crippen LogP contribution is 2.34. The molecule has 6 heteroatoms. The van der Waals surface area contributed by atoms with Gasteiger partial charge in [0.25, 0.3) is 5.91 Å². The molecular formula is C24H23FN2O3. The molecule has 1 aliphatic heterocycles. The van der Waals surface area contributed by atoms with Gasteiger partial charge in [-0.15, -0.1) is 0 Å². The van der Waals surface area contributed by atoms with Gasteiger partial charge in [-0.05, 0) is 49.8 Å². The molecule has 2 aromatic rings. The number of rotatable bonds is 5. The van der Waals surface area contributed by atoms with Crippen LogP contribution in [-0.4, -0.2) is 35.0 Å². The number of carbonyl (C=O) groups excluding carboxylic acids is 2. The summed E-state index contributed by atoms with van der Waals surface area (Å²) in [5.41, 5.74) is 0.0646. The predicted molar refractivity (Wildman–Crippen MR) is 113 cm³/mol. The highest BCUT2D eigenvalue weighted by atomic mass is 19.1. The molecule has 2 aliphatic rings. The third-order valence-electron chi connectivity index (χ3n) is 5.46. The number of benzene rings is 2. The summed E-state index contributed by atoms with van der Waals surface area (Å²) in [5, 5.41) is 0. The van der Waals surface area contributed by atoms with E-state index in [9.17, 15) is 14.0 Å². The van der Waals surface area contributed by atoms with Gasteiger partial charge in [0.2, 0.25) is 0 Å². The summed E-state index contributed by atoms with van der Waals surface area (Å²) in [5.74, 6) is -0.139. The van der Waals surface area contributed by atoms with Gasteiger partial charge in [0.1, 0.15) is 23.2 Å². The molecule has 154 valence electrons. The lowest BCUT2D eigenvalue weighted by molar-refractivity contribution is -0.123. The Hall–Kier alpha value is -3.41. The molecule has 5 nitrogen and oxygen atoms in total. The molecule has 0 aromatic heterocycles. The lowest BCUT2D eigenvalue weighted by Crippen LogP contribution is -2.46. The molecule has 3 amide bonds. The highest BCUT2D eigenvalue weighted by molar-refractivity contribution is 6.23. The molecule has 0 radical (unpaired) electrons. The zero-order valence-corrected chi connectivity index (χ0v) is 16.9. The lowest BCUT2D eigenvalue weighted by Gasteiger charge is -2.32. The first-order valence-electron chi connectivity index (χ1n) is 9.87. The first-order valence-corrected chi connectivity index (χ1v) is 9.87. The van der Waals surface area contributed by atoms with Crippen molar-refractivity contribution in [2.75, 3.05) is 11.4 Å². The van der Waals surface area contributed by atoms with Crippen LogP contribution in [0.3, 0.4) is 0 Å². The Kier molecular flexibility index (Phi) is 5.16. The molecule has 0 saturated carbocycles. The van der Waals surface area contributed by atoms with E-state index in [1.54, 1.807) is 19.9 Å². The maximum atomic E-state index is 13.7. The summed E-state index contributed by atoms with van der Waals surface area (Å²) in [7, 11) is 0. The van der Waals surface area contributed by atoms with E-state index >= 15 is 0 Å². The molecule has 0 bridgehead atoms. The van der Waals surface area contributed by atoms with Crippen LogP contribution >= 0.6 is 0 Å². The van der Waals surface area contributed by atoms with Crippen molar-refractivity contribution < 1.29 is 18.7 Å². The summed E-state index contributed by atoms with van der Waals surface area (Å²) in [4.78, 5) is 28.8. The van der Waals surface area contributed by atoms with Crippen LogP contribution in [0, 0.1) is 5.82 Å². The van der Waals surface area contributed by atoms with Crippen molar-refractivity contribution in [2.24, 2.45) is 0 Å². The molecule has 1 unspecified atom stereocenters. The van der Waals surface area contributed by atoms with Crippen LogP contribution in [-0.2, 0) is 4.79 Å². The fraction of sp³-hybridized carbons (Fsp3) is 0.250. The number of carbonyl (C=O) groups is 2. The Bertz CT molecular complexity index is 1030. The molecule has 2 aromatic carbocycles. The highest BCUT2D eigenvalue weighted by Gasteiger charge is 2.52. The van der Waals surface area contributed by atoms with Crippen molar-refractivity contribution in [1.29, 1.82) is 0 Å². The van der Waals surface area contributed by atoms with E-state index < -0.39 is 17.4 Å². The van der Waals surface area contributed by atoms with Crippen LogP contribution in [0.25, 0.3) is 0 Å². The maximum Gasteiger partial charge on any atom is 0.332 e. The maximum absolute atomic E-state index is 13.7. The molecular weight excluding hydrogens is 383 g/mol. The standard InChI is InChI=1S/C24H23FN2O3/c1-24(2)22(28)27(19-11-8-10-18(25)15-19)23(29)26(24)16-17-9-6-7-14-21(17)30-20-12-4-3-5-13-20/h3-13,15,21H,14,16H2,1-2H3. The molecule has 0 spiro atoms. The van der Waals surface area contributed by atoms with Crippen molar-refractivity contribution in [3.8, 4) is 5.75 Å². The minimum Gasteiger partial charge on any atom is -0.486 e. The zero-order chi connectivity index (χ0) is 21.3. The number of nitrogens with zero attached hydrogens (tertiary/aromatic N) is 2. The van der Waals surface area contributed by atoms with Crippen molar-refractivity contribution in [3.63, 3.8) is 0 Å². The third-order valence-corrected chi connectivity index (χ3v) is 5.46. The summed E-state index contributed by atoms with van der Waals surface area (Å²) in [6.07, 6.45) is 6.30. The van der Waals surface area contributed by atoms with E-state index in [1.165, 1.54) is 23.1 Å². The summed E-state index contributed by atoms with van der Waals surface area (Å²) >= 11 is 0. The van der Waals surface area contributed by atoms with Crippen molar-refractivity contribution >= 4 is 17.6 Å². The fourth-order valence-electron chi connectivity index (χ4n) is 3.72. The molecule has 1 fully saturated rings. The number of urea groups is 1. The predicted octanol–water partition coefficient (Wildman–Crippen LogP) is 4.71. The molecule has 0 N–H and O–H groups in total. The number of hydrogen-bond acceptors (Lipinski definition) is 3. The van der Waals surface area contributed by atoms with Crippen LogP contribution in [0.5, 0.6) is 5.75 Å². The second-order valence-electron chi connectivity index (χ2n) is 7.87. The van der Waals surface area contributed by atoms with Crippen molar-refractivity contribution in [1.82, 2.24) is 4.90 Å². The van der Waals surface area contributed by atoms with E-state index in [4.69, 9.17) is 4.74 Å². The number of imide groups is 1. The van der Waals surface area contributed by atoms with Gasteiger partial charge >= 0.3 is 6.03 Å². The zero-order valence-electron chi connectivity index (χ0n) is 16.9. The molecule has 1 heterocycles. The number of amides is 3. The topological polar surface area (TPSA) is 49.9 Å². The van der Waals surface area contributed by atoms with Crippen molar-refractivity contribution in [3.05, 3.63) is 84.2 Å². The van der Waals surface area contributed by atoms with E-state index in [2.05, 4.69) is 0 Å². The van der Waals surface area contributed by atoms with Crippen molar-refractivity contribution in [2.45, 2.75) is 31.9 Å². The third kappa shape index (κ3) is 3.61. The van der Waals surface area contributed by atoms with Gasteiger partial charge in [0.05, 0.1) is 5.69 Å². The Morgan fingerprint density at radius 1 is 1.10 bits per heavy atom. The molecule has 1 aliphatic carbocycles. The first kappa shape index (κ1) is 19.9. The Labute approximate surface area is 175 Å². The SMILES string of the molecule is CC1(C)C(=O)N(c2cccc(F)c2)C(=O)N1CC1=CC=CCC1Oc1ccccc1. The summed E-state index contributed by atoms with van der Waals surface area (Å²) < 4.78 is 19.8. The fourth-order valence-corrected chi connectivity index (χ4v) is 3.72. The minimum absolute atomic E-state index is 0.232. The quantitative estimate of drug-likeness (QED) is 0.676. The Morgan fingerprint density at radius 3 is 2.60 bits per heavy atom. The van der Waals surface area contributed by atoms with E-state index in [1.807, 2.05) is 48.6 Å². The number of ether oxygens (including phenoxy) is 1. The van der Waals surface area contributed by atoms with Gasteiger partial charge in [-0.3, -0.25) is 4.79 Å².